The van der Waals surface area contributed by atoms with Crippen LogP contribution in [0.4, 0.5) is 4.79 Å². The molecule has 0 aliphatic rings. The molecular weight excluding hydrogens is 532 g/mol. The van der Waals surface area contributed by atoms with Gasteiger partial charge in [-0.05, 0) is 16.7 Å². The van der Waals surface area contributed by atoms with Gasteiger partial charge in [-0.3, -0.25) is 14.4 Å². The molecule has 0 aliphatic carbocycles. The zero-order valence-electron chi connectivity index (χ0n) is 22.1. The number of ether oxygens (including phenoxy) is 3. The Labute approximate surface area is 236 Å². The fourth-order valence-electron chi connectivity index (χ4n) is 3.55. The number of rotatable bonds is 14. The first-order valence-electron chi connectivity index (χ1n) is 12.7. The third kappa shape index (κ3) is 11.2. The van der Waals surface area contributed by atoms with Crippen LogP contribution < -0.4 is 10.6 Å². The highest BCUT2D eigenvalue weighted by molar-refractivity contribution is 5.93. The van der Waals surface area contributed by atoms with Gasteiger partial charge >= 0.3 is 24.0 Å². The number of esters is 2. The predicted molar refractivity (Wildman–Crippen MR) is 145 cm³/mol. The smallest absolute Gasteiger partial charge is 0.408 e. The first kappa shape index (κ1) is 30.4. The zero-order chi connectivity index (χ0) is 29.5. The number of hydrogen-bond acceptors (Lipinski definition) is 8. The number of amides is 2. The standard InChI is InChI=1S/C30H30N2O9/c33-26(34)16-25(29(37)40-19-22-12-6-2-7-13-22)31-28(36)24(17-27(35)39-18-21-10-4-1-5-11-21)32-30(38)41-20-23-14-8-3-9-15-23/h1-15,24-25H,16-20H2,(H,31,36)(H,32,38)(H,33,34)/t24-,25-/m0/s1. The highest BCUT2D eigenvalue weighted by Crippen LogP contribution is 2.08. The Bertz CT molecular complexity index is 1240. The summed E-state index contributed by atoms with van der Waals surface area (Å²) in [6.07, 6.45) is -2.41. The summed E-state index contributed by atoms with van der Waals surface area (Å²) >= 11 is 0. The zero-order valence-corrected chi connectivity index (χ0v) is 22.1. The summed E-state index contributed by atoms with van der Waals surface area (Å²) < 4.78 is 15.6. The van der Waals surface area contributed by atoms with Gasteiger partial charge in [0.2, 0.25) is 5.91 Å². The van der Waals surface area contributed by atoms with Crippen LogP contribution in [0.15, 0.2) is 91.0 Å². The van der Waals surface area contributed by atoms with E-state index in [0.717, 1.165) is 0 Å². The van der Waals surface area contributed by atoms with Crippen molar-refractivity contribution in [3.05, 3.63) is 108 Å². The highest BCUT2D eigenvalue weighted by Gasteiger charge is 2.31. The van der Waals surface area contributed by atoms with E-state index >= 15 is 0 Å². The SMILES string of the molecule is O=C(O)C[C@H](NC(=O)[C@H](CC(=O)OCc1ccccc1)NC(=O)OCc1ccccc1)C(=O)OCc1ccccc1. The summed E-state index contributed by atoms with van der Waals surface area (Å²) in [5.41, 5.74) is 2.05. The molecule has 2 amide bonds. The Hall–Kier alpha value is -5.19. The molecule has 0 saturated heterocycles. The van der Waals surface area contributed by atoms with Crippen molar-refractivity contribution in [1.29, 1.82) is 0 Å². The van der Waals surface area contributed by atoms with Crippen LogP contribution in [0, 0.1) is 0 Å². The molecule has 0 fully saturated rings. The molecule has 3 aromatic rings. The maximum Gasteiger partial charge on any atom is 0.408 e. The van der Waals surface area contributed by atoms with E-state index in [2.05, 4.69) is 10.6 Å². The molecule has 0 bridgehead atoms. The molecule has 0 saturated carbocycles. The van der Waals surface area contributed by atoms with Crippen LogP contribution >= 0.6 is 0 Å². The Morgan fingerprint density at radius 3 is 1.54 bits per heavy atom. The summed E-state index contributed by atoms with van der Waals surface area (Å²) in [5, 5.41) is 13.9. The van der Waals surface area contributed by atoms with Gasteiger partial charge in [0.05, 0.1) is 12.8 Å². The van der Waals surface area contributed by atoms with E-state index in [1.807, 2.05) is 0 Å². The molecule has 0 radical (unpaired) electrons. The lowest BCUT2D eigenvalue weighted by Crippen LogP contribution is -2.53. The molecule has 0 unspecified atom stereocenters. The Balaban J connectivity index is 1.66. The molecule has 0 aromatic heterocycles. The maximum absolute atomic E-state index is 13.1. The van der Waals surface area contributed by atoms with Gasteiger partial charge in [0.25, 0.3) is 0 Å². The second-order valence-electron chi connectivity index (χ2n) is 8.86. The van der Waals surface area contributed by atoms with Gasteiger partial charge < -0.3 is 30.0 Å². The number of nitrogens with one attached hydrogen (secondary N) is 2. The van der Waals surface area contributed by atoms with Crippen LogP contribution in [0.25, 0.3) is 0 Å². The summed E-state index contributed by atoms with van der Waals surface area (Å²) in [6, 6.07) is 23.1. The minimum atomic E-state index is -1.59. The molecule has 0 spiro atoms. The van der Waals surface area contributed by atoms with Crippen molar-refractivity contribution < 1.29 is 43.3 Å². The molecule has 11 heteroatoms. The quantitative estimate of drug-likeness (QED) is 0.198. The number of carboxylic acids is 1. The number of alkyl carbamates (subject to hydrolysis) is 1. The molecule has 214 valence electrons. The van der Waals surface area contributed by atoms with Crippen LogP contribution in [0.1, 0.15) is 29.5 Å². The van der Waals surface area contributed by atoms with Crippen LogP contribution in [-0.2, 0) is 53.2 Å². The Kier molecular flexibility index (Phi) is 11.9. The normalized spacial score (nSPS) is 11.8. The van der Waals surface area contributed by atoms with Gasteiger partial charge in [-0.1, -0.05) is 91.0 Å². The van der Waals surface area contributed by atoms with Crippen LogP contribution in [0.2, 0.25) is 0 Å². The fraction of sp³-hybridized carbons (Fsp3) is 0.233. The van der Waals surface area contributed by atoms with E-state index in [0.29, 0.717) is 16.7 Å². The number of benzene rings is 3. The van der Waals surface area contributed by atoms with E-state index in [1.165, 1.54) is 0 Å². The van der Waals surface area contributed by atoms with Crippen LogP contribution in [-0.4, -0.2) is 47.1 Å². The van der Waals surface area contributed by atoms with Gasteiger partial charge in [0.1, 0.15) is 31.9 Å². The summed E-state index contributed by atoms with van der Waals surface area (Å²) in [4.78, 5) is 62.3. The number of carbonyl (C=O) groups is 5. The van der Waals surface area contributed by atoms with E-state index < -0.39 is 54.8 Å². The summed E-state index contributed by atoms with van der Waals surface area (Å²) in [5.74, 6) is -4.19. The van der Waals surface area contributed by atoms with Crippen molar-refractivity contribution in [2.24, 2.45) is 0 Å². The average Bonchev–Trinajstić information content (AvgIpc) is 2.98. The van der Waals surface area contributed by atoms with Crippen molar-refractivity contribution in [2.75, 3.05) is 0 Å². The Morgan fingerprint density at radius 2 is 1.05 bits per heavy atom. The minimum Gasteiger partial charge on any atom is -0.481 e. The van der Waals surface area contributed by atoms with Crippen molar-refractivity contribution >= 4 is 29.9 Å². The lowest BCUT2D eigenvalue weighted by Gasteiger charge is -2.21. The lowest BCUT2D eigenvalue weighted by molar-refractivity contribution is -0.153. The first-order valence-corrected chi connectivity index (χ1v) is 12.7. The second-order valence-corrected chi connectivity index (χ2v) is 8.86. The van der Waals surface area contributed by atoms with Crippen molar-refractivity contribution in [3.8, 4) is 0 Å². The first-order chi connectivity index (χ1) is 19.8. The second kappa shape index (κ2) is 16.0. The molecule has 11 nitrogen and oxygen atoms in total. The largest absolute Gasteiger partial charge is 0.481 e. The van der Waals surface area contributed by atoms with Crippen LogP contribution in [0.3, 0.4) is 0 Å². The van der Waals surface area contributed by atoms with Crippen molar-refractivity contribution in [2.45, 2.75) is 44.7 Å². The maximum atomic E-state index is 13.1. The van der Waals surface area contributed by atoms with E-state index in [4.69, 9.17) is 14.2 Å². The minimum absolute atomic E-state index is 0.0695. The molecule has 0 aliphatic heterocycles. The topological polar surface area (TPSA) is 157 Å². The van der Waals surface area contributed by atoms with Gasteiger partial charge in [0.15, 0.2) is 0 Å². The van der Waals surface area contributed by atoms with Crippen molar-refractivity contribution in [1.82, 2.24) is 10.6 Å². The van der Waals surface area contributed by atoms with Gasteiger partial charge in [-0.25, -0.2) is 9.59 Å². The predicted octanol–water partition coefficient (Wildman–Crippen LogP) is 3.12. The third-order valence-electron chi connectivity index (χ3n) is 5.64. The van der Waals surface area contributed by atoms with Gasteiger partial charge in [0, 0.05) is 0 Å². The van der Waals surface area contributed by atoms with Crippen molar-refractivity contribution in [3.63, 3.8) is 0 Å². The molecule has 0 heterocycles. The fourth-order valence-corrected chi connectivity index (χ4v) is 3.55. The molecular formula is C30H30N2O9. The summed E-state index contributed by atoms with van der Waals surface area (Å²) in [6.45, 7) is -0.322. The molecule has 41 heavy (non-hydrogen) atoms. The number of carboxylic acid groups (broad SMARTS) is 1. The Morgan fingerprint density at radius 1 is 0.585 bits per heavy atom. The van der Waals surface area contributed by atoms with Gasteiger partial charge in [-0.2, -0.15) is 0 Å². The summed E-state index contributed by atoms with van der Waals surface area (Å²) in [7, 11) is 0. The van der Waals surface area contributed by atoms with E-state index in [1.54, 1.807) is 91.0 Å². The van der Waals surface area contributed by atoms with Gasteiger partial charge in [-0.15, -0.1) is 0 Å². The average molecular weight is 563 g/mol. The lowest BCUT2D eigenvalue weighted by atomic mass is 10.1. The number of hydrogen-bond donors (Lipinski definition) is 3. The number of aliphatic carboxylic acids is 1. The monoisotopic (exact) mass is 562 g/mol. The van der Waals surface area contributed by atoms with E-state index in [-0.39, 0.29) is 19.8 Å². The van der Waals surface area contributed by atoms with E-state index in [9.17, 15) is 29.1 Å². The molecule has 3 N–H and O–H groups in total. The third-order valence-corrected chi connectivity index (χ3v) is 5.64. The highest BCUT2D eigenvalue weighted by atomic mass is 16.6. The molecule has 3 aromatic carbocycles. The molecule has 3 rings (SSSR count). The number of carbonyl (C=O) groups excluding carboxylic acids is 4. The molecule has 2 atom stereocenters. The van der Waals surface area contributed by atoms with Crippen LogP contribution in [0.5, 0.6) is 0 Å².